The largest absolute Gasteiger partial charge is 0.356 e. The van der Waals surface area contributed by atoms with Crippen molar-refractivity contribution in [3.63, 3.8) is 0 Å². The Kier molecular flexibility index (Phi) is 5.71. The third-order valence-electron chi connectivity index (χ3n) is 5.64. The molecule has 4 rings (SSSR count). The molecule has 0 radical (unpaired) electrons. The number of fused-ring (bicyclic) bond motifs is 1. The zero-order chi connectivity index (χ0) is 22.1. The van der Waals surface area contributed by atoms with Gasteiger partial charge in [0.25, 0.3) is 11.8 Å². The summed E-state index contributed by atoms with van der Waals surface area (Å²) in [5.41, 5.74) is 3.50. The molecule has 0 bridgehead atoms. The lowest BCUT2D eigenvalue weighted by Gasteiger charge is -2.32. The number of aliphatic hydroxyl groups excluding tert-OH is 1. The van der Waals surface area contributed by atoms with Crippen LogP contribution >= 0.6 is 0 Å². The van der Waals surface area contributed by atoms with E-state index in [0.717, 1.165) is 17.7 Å². The Bertz CT molecular complexity index is 1070. The lowest BCUT2D eigenvalue weighted by Crippen LogP contribution is -2.46. The Labute approximate surface area is 179 Å². The fourth-order valence-electron chi connectivity index (χ4n) is 3.82. The van der Waals surface area contributed by atoms with Crippen molar-refractivity contribution in [1.82, 2.24) is 20.1 Å². The average molecular weight is 425 g/mol. The third kappa shape index (κ3) is 4.14. The van der Waals surface area contributed by atoms with Crippen LogP contribution in [0.5, 0.6) is 0 Å². The third-order valence-corrected chi connectivity index (χ3v) is 5.64. The fraction of sp³-hybridized carbons (Fsp3) is 0.318. The molecular formula is C22H24FN5O3. The molecule has 2 amide bonds. The molecule has 1 aromatic carbocycles. The van der Waals surface area contributed by atoms with Crippen molar-refractivity contribution in [2.24, 2.45) is 0 Å². The van der Waals surface area contributed by atoms with E-state index in [9.17, 15) is 19.1 Å². The predicted molar refractivity (Wildman–Crippen MR) is 114 cm³/mol. The lowest BCUT2D eigenvalue weighted by molar-refractivity contribution is 0.0302. The molecule has 0 saturated heterocycles. The number of pyridine rings is 1. The summed E-state index contributed by atoms with van der Waals surface area (Å²) in [5, 5.41) is 15.3. The molecule has 9 heteroatoms. The molecule has 3 N–H and O–H groups in total. The van der Waals surface area contributed by atoms with Gasteiger partial charge in [0.1, 0.15) is 5.69 Å². The molecule has 0 saturated carbocycles. The van der Waals surface area contributed by atoms with Gasteiger partial charge in [0.15, 0.2) is 0 Å². The normalized spacial score (nSPS) is 18.8. The maximum Gasteiger partial charge on any atom is 0.269 e. The molecule has 2 aliphatic rings. The predicted octanol–water partition coefficient (Wildman–Crippen LogP) is 1.64. The number of amides is 2. The van der Waals surface area contributed by atoms with Gasteiger partial charge in [-0.1, -0.05) is 12.1 Å². The van der Waals surface area contributed by atoms with Crippen molar-refractivity contribution in [2.45, 2.75) is 19.3 Å². The molecule has 2 aromatic rings. The summed E-state index contributed by atoms with van der Waals surface area (Å²) in [5.74, 6) is -1.29. The second kappa shape index (κ2) is 8.44. The highest BCUT2D eigenvalue weighted by atomic mass is 19.1. The Balaban J connectivity index is 1.44. The second-order valence-corrected chi connectivity index (χ2v) is 7.64. The van der Waals surface area contributed by atoms with Crippen molar-refractivity contribution in [3.05, 3.63) is 64.7 Å². The van der Waals surface area contributed by atoms with Gasteiger partial charge in [-0.2, -0.15) is 4.39 Å². The van der Waals surface area contributed by atoms with Crippen LogP contribution in [0.4, 0.5) is 10.1 Å². The molecule has 3 heterocycles. The summed E-state index contributed by atoms with van der Waals surface area (Å²) in [4.78, 5) is 31.1. The summed E-state index contributed by atoms with van der Waals surface area (Å²) in [6, 6.07) is 8.68. The zero-order valence-corrected chi connectivity index (χ0v) is 17.4. The van der Waals surface area contributed by atoms with Crippen molar-refractivity contribution in [3.8, 4) is 0 Å². The summed E-state index contributed by atoms with van der Waals surface area (Å²) in [7, 11) is 3.02. The zero-order valence-electron chi connectivity index (χ0n) is 17.4. The Hall–Kier alpha value is -3.30. The molecule has 2 aliphatic heterocycles. The minimum Gasteiger partial charge on any atom is -0.356 e. The quantitative estimate of drug-likeness (QED) is 0.645. The second-order valence-electron chi connectivity index (χ2n) is 7.64. The van der Waals surface area contributed by atoms with Crippen LogP contribution in [-0.2, 0) is 6.54 Å². The molecule has 0 aliphatic carbocycles. The number of hydrogen-bond donors (Lipinski definition) is 3. The van der Waals surface area contributed by atoms with Gasteiger partial charge < -0.3 is 15.7 Å². The van der Waals surface area contributed by atoms with E-state index in [1.54, 1.807) is 19.2 Å². The number of rotatable bonds is 4. The van der Waals surface area contributed by atoms with Crippen molar-refractivity contribution < 1.29 is 19.1 Å². The van der Waals surface area contributed by atoms with Gasteiger partial charge in [-0.25, -0.2) is 4.98 Å². The van der Waals surface area contributed by atoms with Crippen LogP contribution in [0.2, 0.25) is 0 Å². The van der Waals surface area contributed by atoms with Gasteiger partial charge in [0.2, 0.25) is 12.3 Å². The van der Waals surface area contributed by atoms with Crippen LogP contribution in [0, 0.1) is 5.95 Å². The van der Waals surface area contributed by atoms with Crippen molar-refractivity contribution in [1.29, 1.82) is 0 Å². The van der Waals surface area contributed by atoms with E-state index in [2.05, 4.69) is 20.5 Å². The van der Waals surface area contributed by atoms with Crippen LogP contribution in [-0.4, -0.2) is 65.2 Å². The molecular weight excluding hydrogens is 401 g/mol. The highest BCUT2D eigenvalue weighted by Crippen LogP contribution is 2.28. The summed E-state index contributed by atoms with van der Waals surface area (Å²) in [6.45, 7) is 2.03. The maximum absolute atomic E-state index is 14.4. The first kappa shape index (κ1) is 21.0. The first-order chi connectivity index (χ1) is 14.9. The summed E-state index contributed by atoms with van der Waals surface area (Å²) >= 11 is 0. The maximum atomic E-state index is 14.4. The van der Waals surface area contributed by atoms with E-state index in [-0.39, 0.29) is 11.6 Å². The summed E-state index contributed by atoms with van der Waals surface area (Å²) in [6.07, 6.45) is 1.58. The number of halogens is 1. The van der Waals surface area contributed by atoms with Crippen molar-refractivity contribution in [2.75, 3.05) is 32.5 Å². The number of aromatic nitrogens is 1. The Morgan fingerprint density at radius 2 is 2.10 bits per heavy atom. The van der Waals surface area contributed by atoms with Crippen LogP contribution in [0.25, 0.3) is 5.57 Å². The molecule has 1 unspecified atom stereocenters. The lowest BCUT2D eigenvalue weighted by atomic mass is 9.99. The molecule has 162 valence electrons. The summed E-state index contributed by atoms with van der Waals surface area (Å²) < 4.78 is 14.4. The van der Waals surface area contributed by atoms with E-state index < -0.39 is 18.2 Å². The van der Waals surface area contributed by atoms with Gasteiger partial charge in [0, 0.05) is 39.3 Å². The van der Waals surface area contributed by atoms with E-state index >= 15 is 0 Å². The molecule has 1 aromatic heterocycles. The van der Waals surface area contributed by atoms with Gasteiger partial charge in [-0.3, -0.25) is 19.4 Å². The molecule has 31 heavy (non-hydrogen) atoms. The fourth-order valence-corrected chi connectivity index (χ4v) is 3.82. The smallest absolute Gasteiger partial charge is 0.269 e. The molecule has 8 nitrogen and oxygen atoms in total. The van der Waals surface area contributed by atoms with Gasteiger partial charge in [0.05, 0.1) is 11.3 Å². The van der Waals surface area contributed by atoms with Gasteiger partial charge in [-0.05, 0) is 41.8 Å². The molecule has 0 spiro atoms. The Morgan fingerprint density at radius 1 is 1.32 bits per heavy atom. The minimum absolute atomic E-state index is 0.0533. The number of aliphatic hydroxyl groups is 1. The monoisotopic (exact) mass is 425 g/mol. The van der Waals surface area contributed by atoms with E-state index in [1.807, 2.05) is 18.2 Å². The van der Waals surface area contributed by atoms with E-state index in [1.165, 1.54) is 18.0 Å². The van der Waals surface area contributed by atoms with Gasteiger partial charge in [-0.15, -0.1) is 0 Å². The first-order valence-corrected chi connectivity index (χ1v) is 10.0. The SMILES string of the molecule is CNC(=O)c1ccc(C2=CCN(Cc3ccc4c(c3)NC(O)N(C)C4=O)CC2)c(F)n1. The van der Waals surface area contributed by atoms with Crippen LogP contribution in [0.15, 0.2) is 36.4 Å². The van der Waals surface area contributed by atoms with E-state index in [0.29, 0.717) is 36.3 Å². The molecule has 1 atom stereocenters. The van der Waals surface area contributed by atoms with Crippen molar-refractivity contribution >= 4 is 23.1 Å². The number of carbonyl (C=O) groups is 2. The Morgan fingerprint density at radius 3 is 2.77 bits per heavy atom. The minimum atomic E-state index is -1.05. The number of carbonyl (C=O) groups excluding carboxylic acids is 2. The standard InChI is InChI=1S/C22H24FN5O3/c1-24-20(29)17-6-5-15(19(23)25-17)14-7-9-28(10-8-14)12-13-3-4-16-18(11-13)26-22(31)27(2)21(16)30/h3-7,11,22,26,31H,8-10,12H2,1-2H3,(H,24,29). The number of nitrogens with one attached hydrogen (secondary N) is 2. The topological polar surface area (TPSA) is 97.8 Å². The number of hydrogen-bond acceptors (Lipinski definition) is 6. The van der Waals surface area contributed by atoms with Crippen LogP contribution < -0.4 is 10.6 Å². The average Bonchev–Trinajstić information content (AvgIpc) is 2.77. The van der Waals surface area contributed by atoms with Crippen LogP contribution in [0.1, 0.15) is 38.4 Å². The highest BCUT2D eigenvalue weighted by molar-refractivity contribution is 6.01. The highest BCUT2D eigenvalue weighted by Gasteiger charge is 2.28. The number of benzene rings is 1. The van der Waals surface area contributed by atoms with E-state index in [4.69, 9.17) is 0 Å². The van der Waals surface area contributed by atoms with Gasteiger partial charge >= 0.3 is 0 Å². The number of nitrogens with zero attached hydrogens (tertiary/aromatic N) is 3. The van der Waals surface area contributed by atoms with Crippen LogP contribution in [0.3, 0.4) is 0 Å². The number of anilines is 1. The molecule has 0 fully saturated rings. The first-order valence-electron chi connectivity index (χ1n) is 10.0.